The van der Waals surface area contributed by atoms with E-state index in [9.17, 15) is 0 Å². The maximum absolute atomic E-state index is 6.41. The van der Waals surface area contributed by atoms with Crippen molar-refractivity contribution in [2.45, 2.75) is 32.7 Å². The van der Waals surface area contributed by atoms with Gasteiger partial charge in [0.1, 0.15) is 0 Å². The summed E-state index contributed by atoms with van der Waals surface area (Å²) in [5.41, 5.74) is 7.11. The molecule has 2 aromatic rings. The second kappa shape index (κ2) is 6.92. The van der Waals surface area contributed by atoms with Crippen LogP contribution in [-0.2, 0) is 19.9 Å². The molecule has 21 heavy (non-hydrogen) atoms. The van der Waals surface area contributed by atoms with Crippen LogP contribution in [0.3, 0.4) is 0 Å². The Morgan fingerprint density at radius 2 is 2.19 bits per heavy atom. The van der Waals surface area contributed by atoms with Gasteiger partial charge in [0.15, 0.2) is 0 Å². The van der Waals surface area contributed by atoms with E-state index < -0.39 is 0 Å². The molecule has 0 spiro atoms. The van der Waals surface area contributed by atoms with E-state index in [0.717, 1.165) is 32.9 Å². The molecule has 2 rings (SSSR count). The summed E-state index contributed by atoms with van der Waals surface area (Å²) in [6.45, 7) is 4.11. The van der Waals surface area contributed by atoms with Crippen LogP contribution in [0.4, 0.5) is 0 Å². The normalized spacial score (nSPS) is 12.7. The number of halogens is 2. The standard InChI is InChI=1S/C15H20BrClN4/c1-4-12-15(17)14(21(3)20-12)8-13(19-18)10-6-5-9(2)11(16)7-10/h5-7,13,19H,4,8,18H2,1-3H3. The van der Waals surface area contributed by atoms with Gasteiger partial charge >= 0.3 is 0 Å². The molecule has 0 aliphatic heterocycles. The highest BCUT2D eigenvalue weighted by Gasteiger charge is 2.19. The molecule has 114 valence electrons. The molecule has 0 amide bonds. The number of hydrogen-bond donors (Lipinski definition) is 2. The molecule has 1 unspecified atom stereocenters. The molecular weight excluding hydrogens is 352 g/mol. The van der Waals surface area contributed by atoms with Gasteiger partial charge in [-0.1, -0.05) is 46.6 Å². The van der Waals surface area contributed by atoms with Gasteiger partial charge in [0.05, 0.1) is 22.5 Å². The first-order valence-electron chi connectivity index (χ1n) is 6.90. The van der Waals surface area contributed by atoms with Crippen molar-refractivity contribution in [1.29, 1.82) is 0 Å². The zero-order valence-electron chi connectivity index (χ0n) is 12.5. The van der Waals surface area contributed by atoms with Crippen molar-refractivity contribution in [3.8, 4) is 0 Å². The zero-order chi connectivity index (χ0) is 15.6. The molecule has 6 heteroatoms. The molecule has 0 radical (unpaired) electrons. The van der Waals surface area contributed by atoms with Crippen LogP contribution >= 0.6 is 27.5 Å². The van der Waals surface area contributed by atoms with Gasteiger partial charge in [0, 0.05) is 17.9 Å². The second-order valence-corrected chi connectivity index (χ2v) is 6.35. The molecule has 0 aliphatic carbocycles. The van der Waals surface area contributed by atoms with Crippen LogP contribution in [0.1, 0.15) is 35.5 Å². The predicted molar refractivity (Wildman–Crippen MR) is 90.2 cm³/mol. The summed E-state index contributed by atoms with van der Waals surface area (Å²) < 4.78 is 2.92. The number of hydrazine groups is 1. The van der Waals surface area contributed by atoms with Gasteiger partial charge in [-0.15, -0.1) is 0 Å². The molecule has 0 aliphatic rings. The van der Waals surface area contributed by atoms with E-state index in [0.29, 0.717) is 6.42 Å². The lowest BCUT2D eigenvalue weighted by atomic mass is 10.0. The third-order valence-electron chi connectivity index (χ3n) is 3.70. The number of benzene rings is 1. The fraction of sp³-hybridized carbons (Fsp3) is 0.400. The Morgan fingerprint density at radius 1 is 1.48 bits per heavy atom. The van der Waals surface area contributed by atoms with Crippen molar-refractivity contribution in [2.24, 2.45) is 12.9 Å². The molecular formula is C15H20BrClN4. The van der Waals surface area contributed by atoms with Crippen LogP contribution in [0, 0.1) is 6.92 Å². The first-order valence-corrected chi connectivity index (χ1v) is 8.07. The summed E-state index contributed by atoms with van der Waals surface area (Å²) >= 11 is 9.97. The van der Waals surface area contributed by atoms with Crippen LogP contribution in [0.2, 0.25) is 5.02 Å². The van der Waals surface area contributed by atoms with Gasteiger partial charge in [-0.2, -0.15) is 5.10 Å². The second-order valence-electron chi connectivity index (χ2n) is 5.12. The van der Waals surface area contributed by atoms with Crippen molar-refractivity contribution < 1.29 is 0 Å². The number of nitrogens with zero attached hydrogens (tertiary/aromatic N) is 2. The summed E-state index contributed by atoms with van der Waals surface area (Å²) in [5.74, 6) is 5.74. The molecule has 1 atom stereocenters. The third-order valence-corrected chi connectivity index (χ3v) is 4.99. The SMILES string of the molecule is CCc1nn(C)c(CC(NN)c2ccc(C)c(Br)c2)c1Cl. The fourth-order valence-electron chi connectivity index (χ4n) is 2.33. The van der Waals surface area contributed by atoms with Gasteiger partial charge in [0.25, 0.3) is 0 Å². The maximum Gasteiger partial charge on any atom is 0.0850 e. The topological polar surface area (TPSA) is 55.9 Å². The van der Waals surface area contributed by atoms with E-state index in [1.165, 1.54) is 5.56 Å². The highest BCUT2D eigenvalue weighted by Crippen LogP contribution is 2.28. The Balaban J connectivity index is 2.31. The number of aromatic nitrogens is 2. The van der Waals surface area contributed by atoms with Gasteiger partial charge in [-0.3, -0.25) is 16.0 Å². The average molecular weight is 372 g/mol. The van der Waals surface area contributed by atoms with Crippen molar-refractivity contribution >= 4 is 27.5 Å². The molecule has 0 bridgehead atoms. The zero-order valence-corrected chi connectivity index (χ0v) is 14.8. The number of nitrogens with one attached hydrogen (secondary N) is 1. The van der Waals surface area contributed by atoms with Gasteiger partial charge < -0.3 is 0 Å². The number of hydrogen-bond acceptors (Lipinski definition) is 3. The summed E-state index contributed by atoms with van der Waals surface area (Å²) in [6.07, 6.45) is 1.51. The quantitative estimate of drug-likeness (QED) is 0.625. The highest BCUT2D eigenvalue weighted by molar-refractivity contribution is 9.10. The largest absolute Gasteiger partial charge is 0.271 e. The molecule has 0 fully saturated rings. The maximum atomic E-state index is 6.41. The summed E-state index contributed by atoms with van der Waals surface area (Å²) in [5, 5.41) is 5.19. The Labute approximate surface area is 138 Å². The van der Waals surface area contributed by atoms with Crippen molar-refractivity contribution in [2.75, 3.05) is 0 Å². The number of rotatable bonds is 5. The highest BCUT2D eigenvalue weighted by atomic mass is 79.9. The van der Waals surface area contributed by atoms with Gasteiger partial charge in [-0.05, 0) is 30.5 Å². The van der Waals surface area contributed by atoms with E-state index in [1.54, 1.807) is 0 Å². The first-order chi connectivity index (χ1) is 9.97. The van der Waals surface area contributed by atoms with Crippen molar-refractivity contribution in [3.05, 3.63) is 50.2 Å². The molecule has 0 saturated carbocycles. The minimum Gasteiger partial charge on any atom is -0.271 e. The lowest BCUT2D eigenvalue weighted by Crippen LogP contribution is -2.30. The minimum atomic E-state index is -0.0143. The Bertz CT molecular complexity index is 639. The molecule has 1 aromatic carbocycles. The van der Waals surface area contributed by atoms with Crippen LogP contribution in [0.15, 0.2) is 22.7 Å². The molecule has 4 nitrogen and oxygen atoms in total. The monoisotopic (exact) mass is 370 g/mol. The van der Waals surface area contributed by atoms with Gasteiger partial charge in [-0.25, -0.2) is 0 Å². The van der Waals surface area contributed by atoms with Crippen molar-refractivity contribution in [1.82, 2.24) is 15.2 Å². The van der Waals surface area contributed by atoms with Gasteiger partial charge in [0.2, 0.25) is 0 Å². The third kappa shape index (κ3) is 3.48. The van der Waals surface area contributed by atoms with E-state index in [4.69, 9.17) is 17.4 Å². The van der Waals surface area contributed by atoms with E-state index in [1.807, 2.05) is 18.7 Å². The number of aryl methyl sites for hydroxylation is 3. The summed E-state index contributed by atoms with van der Waals surface area (Å²) in [6, 6.07) is 6.23. The van der Waals surface area contributed by atoms with Crippen LogP contribution in [-0.4, -0.2) is 9.78 Å². The van der Waals surface area contributed by atoms with E-state index in [2.05, 4.69) is 51.6 Å². The lowest BCUT2D eigenvalue weighted by molar-refractivity contribution is 0.529. The fourth-order valence-corrected chi connectivity index (χ4v) is 3.10. The Morgan fingerprint density at radius 3 is 2.71 bits per heavy atom. The Kier molecular flexibility index (Phi) is 5.43. The smallest absolute Gasteiger partial charge is 0.0850 e. The Hall–Kier alpha value is -0.880. The molecule has 1 aromatic heterocycles. The summed E-state index contributed by atoms with van der Waals surface area (Å²) in [7, 11) is 1.92. The first kappa shape index (κ1) is 16.5. The van der Waals surface area contributed by atoms with Crippen LogP contribution in [0.5, 0.6) is 0 Å². The number of nitrogens with two attached hydrogens (primary N) is 1. The van der Waals surface area contributed by atoms with E-state index >= 15 is 0 Å². The predicted octanol–water partition coefficient (Wildman–Crippen LogP) is 3.45. The minimum absolute atomic E-state index is 0.0143. The van der Waals surface area contributed by atoms with Crippen LogP contribution < -0.4 is 11.3 Å². The van der Waals surface area contributed by atoms with E-state index in [-0.39, 0.29) is 6.04 Å². The molecule has 1 heterocycles. The molecule has 3 N–H and O–H groups in total. The van der Waals surface area contributed by atoms with Crippen molar-refractivity contribution in [3.63, 3.8) is 0 Å². The average Bonchev–Trinajstić information content (AvgIpc) is 2.74. The lowest BCUT2D eigenvalue weighted by Gasteiger charge is -2.17. The van der Waals surface area contributed by atoms with Crippen LogP contribution in [0.25, 0.3) is 0 Å². The summed E-state index contributed by atoms with van der Waals surface area (Å²) in [4.78, 5) is 0. The molecule has 0 saturated heterocycles.